The maximum absolute atomic E-state index is 11.2. The van der Waals surface area contributed by atoms with Crippen LogP contribution in [0.25, 0.3) is 0 Å². The molecule has 0 bridgehead atoms. The third-order valence-corrected chi connectivity index (χ3v) is 1.58. The van der Waals surface area contributed by atoms with Crippen molar-refractivity contribution in [2.75, 3.05) is 0 Å². The van der Waals surface area contributed by atoms with Crippen molar-refractivity contribution in [3.63, 3.8) is 0 Å². The molecule has 1 aromatic carbocycles. The van der Waals surface area contributed by atoms with Crippen LogP contribution in [0.15, 0.2) is 37.1 Å². The molecule has 0 aromatic heterocycles. The van der Waals surface area contributed by atoms with Gasteiger partial charge in [0.15, 0.2) is 6.26 Å². The second kappa shape index (κ2) is 3.57. The van der Waals surface area contributed by atoms with Crippen LogP contribution >= 0.6 is 0 Å². The summed E-state index contributed by atoms with van der Waals surface area (Å²) >= 11 is 0. The van der Waals surface area contributed by atoms with Crippen molar-refractivity contribution in [1.29, 1.82) is 0 Å². The average Bonchev–Trinajstić information content (AvgIpc) is 2.05. The molecule has 1 N–H and O–H groups in total. The summed E-state index contributed by atoms with van der Waals surface area (Å²) in [7, 11) is 0. The molecule has 0 aliphatic rings. The minimum atomic E-state index is -1.89. The molecular weight excluding hydrogens is 170 g/mol. The van der Waals surface area contributed by atoms with Crippen molar-refractivity contribution in [3.8, 4) is 0 Å². The molecule has 1 unspecified atom stereocenters. The molecule has 0 spiro atoms. The lowest BCUT2D eigenvalue weighted by atomic mass is 10.2. The second-order valence-electron chi connectivity index (χ2n) is 2.63. The highest BCUT2D eigenvalue weighted by Gasteiger charge is 2.18. The Morgan fingerprint density at radius 2 is 2.00 bits per heavy atom. The first-order valence-electron chi connectivity index (χ1n) is 3.75. The zero-order valence-corrected chi connectivity index (χ0v) is 7.30. The van der Waals surface area contributed by atoms with Gasteiger partial charge in [0.2, 0.25) is 5.69 Å². The van der Waals surface area contributed by atoms with Crippen molar-refractivity contribution in [2.45, 2.75) is 6.92 Å². The molecule has 4 heteroatoms. The van der Waals surface area contributed by atoms with Gasteiger partial charge in [0.25, 0.3) is 0 Å². The molecule has 1 rings (SSSR count). The van der Waals surface area contributed by atoms with Gasteiger partial charge in [-0.05, 0) is 6.92 Å². The van der Waals surface area contributed by atoms with Gasteiger partial charge in [-0.25, -0.2) is 0 Å². The summed E-state index contributed by atoms with van der Waals surface area (Å²) in [5.74, 6) is 0. The summed E-state index contributed by atoms with van der Waals surface area (Å²) in [5, 5.41) is 20.4. The first-order chi connectivity index (χ1) is 6.06. The minimum absolute atomic E-state index is 0.102. The van der Waals surface area contributed by atoms with Crippen molar-refractivity contribution >= 4 is 5.69 Å². The van der Waals surface area contributed by atoms with Gasteiger partial charge in [-0.15, -0.1) is 0 Å². The van der Waals surface area contributed by atoms with E-state index in [9.17, 15) is 5.21 Å². The lowest BCUT2D eigenvalue weighted by Gasteiger charge is -2.27. The molecule has 0 saturated carbocycles. The minimum Gasteiger partial charge on any atom is -0.549 e. The Morgan fingerprint density at radius 1 is 1.46 bits per heavy atom. The quantitative estimate of drug-likeness (QED) is 0.442. The number of rotatable bonds is 3. The van der Waals surface area contributed by atoms with Crippen LogP contribution in [0.4, 0.5) is 5.69 Å². The summed E-state index contributed by atoms with van der Waals surface area (Å²) in [4.78, 5) is 2.47. The van der Waals surface area contributed by atoms with Crippen LogP contribution in [-0.4, -0.2) is 5.21 Å². The van der Waals surface area contributed by atoms with Crippen LogP contribution in [0.5, 0.6) is 0 Å². The normalized spacial score (nSPS) is 14.7. The fourth-order valence-corrected chi connectivity index (χ4v) is 0.895. The smallest absolute Gasteiger partial charge is 0.210 e. The SMILES string of the molecule is C=CO[N+]([O-])(O)c1ccc(C)cc1. The molecule has 70 valence electrons. The van der Waals surface area contributed by atoms with Crippen LogP contribution in [0.3, 0.4) is 0 Å². The highest BCUT2D eigenvalue weighted by atomic mass is 17.1. The van der Waals surface area contributed by atoms with Crippen LogP contribution < -0.4 is 4.97 Å². The molecule has 0 heterocycles. The Morgan fingerprint density at radius 3 is 2.46 bits per heavy atom. The van der Waals surface area contributed by atoms with E-state index in [0.29, 0.717) is 0 Å². The molecule has 13 heavy (non-hydrogen) atoms. The molecule has 0 amide bonds. The Hall–Kier alpha value is -1.36. The first-order valence-corrected chi connectivity index (χ1v) is 3.75. The van der Waals surface area contributed by atoms with Crippen molar-refractivity contribution in [3.05, 3.63) is 47.9 Å². The molecule has 0 aliphatic carbocycles. The fourth-order valence-electron chi connectivity index (χ4n) is 0.895. The molecule has 1 atom stereocenters. The van der Waals surface area contributed by atoms with E-state index in [0.717, 1.165) is 11.8 Å². The molecule has 0 aliphatic heterocycles. The first kappa shape index (κ1) is 9.73. The Bertz CT molecular complexity index is 292. The van der Waals surface area contributed by atoms with Crippen molar-refractivity contribution in [2.24, 2.45) is 0 Å². The summed E-state index contributed by atoms with van der Waals surface area (Å²) in [6.45, 7) is 5.08. The summed E-state index contributed by atoms with van der Waals surface area (Å²) in [6.07, 6.45) is 0.896. The molecule has 0 saturated heterocycles. The number of hydrogen-bond acceptors (Lipinski definition) is 3. The molecule has 0 fully saturated rings. The van der Waals surface area contributed by atoms with Gasteiger partial charge in [0.05, 0.1) is 0 Å². The Balaban J connectivity index is 2.93. The third-order valence-electron chi connectivity index (χ3n) is 1.58. The molecular formula is C9H11NO3. The summed E-state index contributed by atoms with van der Waals surface area (Å²) < 4.78 is 0. The van der Waals surface area contributed by atoms with E-state index in [1.165, 1.54) is 12.1 Å². The highest BCUT2D eigenvalue weighted by molar-refractivity contribution is 5.40. The Labute approximate surface area is 76.4 Å². The highest BCUT2D eigenvalue weighted by Crippen LogP contribution is 2.20. The van der Waals surface area contributed by atoms with E-state index in [2.05, 4.69) is 11.4 Å². The van der Waals surface area contributed by atoms with Gasteiger partial charge in [-0.3, -0.25) is 4.84 Å². The number of hydrogen-bond donors (Lipinski definition) is 1. The lowest BCUT2D eigenvalue weighted by molar-refractivity contribution is -0.256. The standard InChI is InChI=1S/C9H11NO3/c1-3-13-10(11,12)9-6-4-8(2)5-7-9/h3-7,11H,1H2,2H3. The number of aryl methyl sites for hydroxylation is 1. The molecule has 4 nitrogen and oxygen atoms in total. The van der Waals surface area contributed by atoms with Crippen LogP contribution in [-0.2, 0) is 4.84 Å². The average molecular weight is 181 g/mol. The van der Waals surface area contributed by atoms with Crippen LogP contribution in [0.1, 0.15) is 5.56 Å². The van der Waals surface area contributed by atoms with Crippen molar-refractivity contribution in [1.82, 2.24) is 4.97 Å². The van der Waals surface area contributed by atoms with E-state index in [1.807, 2.05) is 6.92 Å². The van der Waals surface area contributed by atoms with Gasteiger partial charge in [-0.1, -0.05) is 24.3 Å². The maximum Gasteiger partial charge on any atom is 0.210 e. The predicted molar refractivity (Wildman–Crippen MR) is 49.4 cm³/mol. The molecule has 0 radical (unpaired) electrons. The van der Waals surface area contributed by atoms with Gasteiger partial charge in [-0.2, -0.15) is 5.21 Å². The van der Waals surface area contributed by atoms with E-state index < -0.39 is 4.97 Å². The monoisotopic (exact) mass is 181 g/mol. The lowest BCUT2D eigenvalue weighted by Crippen LogP contribution is -2.36. The van der Waals surface area contributed by atoms with Crippen molar-refractivity contribution < 1.29 is 10.0 Å². The number of quaternary nitrogens is 1. The van der Waals surface area contributed by atoms with Gasteiger partial charge in [0, 0.05) is 17.1 Å². The van der Waals surface area contributed by atoms with E-state index >= 15 is 0 Å². The van der Waals surface area contributed by atoms with Gasteiger partial charge < -0.3 is 5.21 Å². The van der Waals surface area contributed by atoms with E-state index in [-0.39, 0.29) is 5.69 Å². The number of benzene rings is 1. The van der Waals surface area contributed by atoms with Gasteiger partial charge in [0.1, 0.15) is 0 Å². The van der Waals surface area contributed by atoms with Crippen LogP contribution in [0.2, 0.25) is 0 Å². The number of nitrogens with zero attached hydrogens (tertiary/aromatic N) is 1. The zero-order chi connectivity index (χ0) is 9.90. The second-order valence-corrected chi connectivity index (χ2v) is 2.63. The maximum atomic E-state index is 11.2. The van der Waals surface area contributed by atoms with E-state index in [1.54, 1.807) is 12.1 Å². The Kier molecular flexibility index (Phi) is 2.67. The largest absolute Gasteiger partial charge is 0.549 e. The summed E-state index contributed by atoms with van der Waals surface area (Å²) in [6, 6.07) is 6.41. The molecule has 1 aromatic rings. The third kappa shape index (κ3) is 2.29. The van der Waals surface area contributed by atoms with Crippen LogP contribution in [0, 0.1) is 12.1 Å². The zero-order valence-electron chi connectivity index (χ0n) is 7.30. The van der Waals surface area contributed by atoms with E-state index in [4.69, 9.17) is 5.21 Å². The van der Waals surface area contributed by atoms with Gasteiger partial charge >= 0.3 is 0 Å². The fraction of sp³-hybridized carbons (Fsp3) is 0.111. The topological polar surface area (TPSA) is 52.5 Å². The summed E-state index contributed by atoms with van der Waals surface area (Å²) in [5.41, 5.74) is 1.10. The predicted octanol–water partition coefficient (Wildman–Crippen LogP) is 2.26.